The van der Waals surface area contributed by atoms with Crippen molar-refractivity contribution in [1.82, 2.24) is 9.80 Å². The molecule has 0 saturated carbocycles. The molecule has 0 fully saturated rings. The van der Waals surface area contributed by atoms with Gasteiger partial charge in [0, 0.05) is 19.0 Å². The number of hydrogen-bond acceptors (Lipinski definition) is 3. The molecule has 0 spiro atoms. The molecule has 0 unspecified atom stereocenters. The molecule has 0 atom stereocenters. The Hall–Kier alpha value is -2.36. The van der Waals surface area contributed by atoms with Gasteiger partial charge in [-0.1, -0.05) is 60.7 Å². The van der Waals surface area contributed by atoms with E-state index in [0.717, 1.165) is 38.4 Å². The molecular weight excluding hydrogens is 332 g/mol. The van der Waals surface area contributed by atoms with Crippen molar-refractivity contribution in [3.05, 3.63) is 95.9 Å². The summed E-state index contributed by atoms with van der Waals surface area (Å²) in [6.07, 6.45) is 2.86. The molecule has 0 aliphatic heterocycles. The summed E-state index contributed by atoms with van der Waals surface area (Å²) in [5.74, 6) is 1.46. The minimum atomic E-state index is 0.440. The Bertz CT molecular complexity index is 716. The van der Waals surface area contributed by atoms with Crippen LogP contribution in [0.5, 0.6) is 0 Å². The molecule has 0 radical (unpaired) electrons. The van der Waals surface area contributed by atoms with Gasteiger partial charge in [-0.3, -0.25) is 4.90 Å². The van der Waals surface area contributed by atoms with Gasteiger partial charge in [0.15, 0.2) is 0 Å². The number of hydrogen-bond donors (Lipinski definition) is 0. The van der Waals surface area contributed by atoms with Crippen LogP contribution in [0.1, 0.15) is 29.2 Å². The average Bonchev–Trinajstić information content (AvgIpc) is 3.21. The van der Waals surface area contributed by atoms with E-state index < -0.39 is 0 Å². The van der Waals surface area contributed by atoms with Gasteiger partial charge in [-0.2, -0.15) is 0 Å². The Morgan fingerprint density at radius 1 is 0.704 bits per heavy atom. The van der Waals surface area contributed by atoms with Crippen molar-refractivity contribution >= 4 is 0 Å². The molecule has 1 heterocycles. The molecule has 3 heteroatoms. The quantitative estimate of drug-likeness (QED) is 0.513. The van der Waals surface area contributed by atoms with Crippen LogP contribution in [-0.2, 0) is 6.54 Å². The lowest BCUT2D eigenvalue weighted by Crippen LogP contribution is -2.31. The molecule has 3 nitrogen and oxygen atoms in total. The summed E-state index contributed by atoms with van der Waals surface area (Å²) in [7, 11) is 4.36. The summed E-state index contributed by atoms with van der Waals surface area (Å²) in [6.45, 7) is 4.01. The first kappa shape index (κ1) is 19.4. The maximum atomic E-state index is 5.43. The normalized spacial score (nSPS) is 11.6. The number of nitrogens with zero attached hydrogens (tertiary/aromatic N) is 2. The molecule has 3 rings (SSSR count). The molecule has 3 aromatic rings. The van der Waals surface area contributed by atoms with Crippen LogP contribution >= 0.6 is 0 Å². The van der Waals surface area contributed by atoms with Crippen molar-refractivity contribution in [3.63, 3.8) is 0 Å². The summed E-state index contributed by atoms with van der Waals surface area (Å²) in [5.41, 5.74) is 2.79. The highest BCUT2D eigenvalue weighted by atomic mass is 16.3. The minimum Gasteiger partial charge on any atom is -0.468 e. The lowest BCUT2D eigenvalue weighted by Gasteiger charge is -2.24. The highest BCUT2D eigenvalue weighted by molar-refractivity contribution is 5.32. The average molecular weight is 363 g/mol. The smallest absolute Gasteiger partial charge is 0.117 e. The number of benzene rings is 2. The van der Waals surface area contributed by atoms with Crippen molar-refractivity contribution in [2.24, 2.45) is 0 Å². The largest absolute Gasteiger partial charge is 0.468 e. The summed E-state index contributed by atoms with van der Waals surface area (Å²) < 4.78 is 5.43. The fourth-order valence-corrected chi connectivity index (χ4v) is 3.45. The molecule has 142 valence electrons. The van der Waals surface area contributed by atoms with E-state index in [1.54, 1.807) is 6.26 Å². The van der Waals surface area contributed by atoms with E-state index in [9.17, 15) is 0 Å². The Kier molecular flexibility index (Phi) is 7.26. The minimum absolute atomic E-state index is 0.440. The van der Waals surface area contributed by atoms with Crippen LogP contribution in [-0.4, -0.2) is 43.5 Å². The molecular formula is C24H30N2O. The van der Waals surface area contributed by atoms with Crippen molar-refractivity contribution in [2.75, 3.05) is 33.7 Å². The van der Waals surface area contributed by atoms with Crippen molar-refractivity contribution < 1.29 is 4.42 Å². The van der Waals surface area contributed by atoms with E-state index >= 15 is 0 Å². The molecule has 0 N–H and O–H groups in total. The Labute approximate surface area is 163 Å². The number of rotatable bonds is 10. The van der Waals surface area contributed by atoms with Crippen LogP contribution in [0.4, 0.5) is 0 Å². The van der Waals surface area contributed by atoms with Gasteiger partial charge in [-0.25, -0.2) is 0 Å². The second-order valence-electron chi connectivity index (χ2n) is 7.28. The lowest BCUT2D eigenvalue weighted by molar-refractivity contribution is 0.236. The standard InChI is InChI=1S/C24H30N2O/c1-25(17-18-26(2)20-23-14-9-19-27-23)16-15-24(21-10-5-3-6-11-21)22-12-7-4-8-13-22/h3-14,19,24H,15-18,20H2,1-2H3. The summed E-state index contributed by atoms with van der Waals surface area (Å²) in [4.78, 5) is 4.73. The van der Waals surface area contributed by atoms with Crippen molar-refractivity contribution in [3.8, 4) is 0 Å². The van der Waals surface area contributed by atoms with E-state index in [-0.39, 0.29) is 0 Å². The van der Waals surface area contributed by atoms with Crippen LogP contribution in [0.15, 0.2) is 83.5 Å². The van der Waals surface area contributed by atoms with Gasteiger partial charge in [0.1, 0.15) is 5.76 Å². The van der Waals surface area contributed by atoms with Gasteiger partial charge in [0.2, 0.25) is 0 Å². The van der Waals surface area contributed by atoms with E-state index in [1.165, 1.54) is 11.1 Å². The second kappa shape index (κ2) is 10.1. The molecule has 0 aliphatic rings. The zero-order valence-corrected chi connectivity index (χ0v) is 16.4. The topological polar surface area (TPSA) is 19.6 Å². The lowest BCUT2D eigenvalue weighted by atomic mass is 9.88. The van der Waals surface area contributed by atoms with Crippen LogP contribution in [0, 0.1) is 0 Å². The van der Waals surface area contributed by atoms with Gasteiger partial charge in [0.05, 0.1) is 12.8 Å². The van der Waals surface area contributed by atoms with E-state index in [2.05, 4.69) is 84.6 Å². The molecule has 0 saturated heterocycles. The van der Waals surface area contributed by atoms with Gasteiger partial charge >= 0.3 is 0 Å². The third kappa shape index (κ3) is 6.09. The highest BCUT2D eigenvalue weighted by Crippen LogP contribution is 2.27. The van der Waals surface area contributed by atoms with E-state index in [1.807, 2.05) is 12.1 Å². The van der Waals surface area contributed by atoms with E-state index in [4.69, 9.17) is 4.42 Å². The van der Waals surface area contributed by atoms with Gasteiger partial charge in [-0.15, -0.1) is 0 Å². The summed E-state index contributed by atoms with van der Waals surface area (Å²) in [5, 5.41) is 0. The summed E-state index contributed by atoms with van der Waals surface area (Å²) in [6, 6.07) is 25.7. The van der Waals surface area contributed by atoms with Crippen LogP contribution in [0.3, 0.4) is 0 Å². The highest BCUT2D eigenvalue weighted by Gasteiger charge is 2.15. The maximum Gasteiger partial charge on any atom is 0.117 e. The van der Waals surface area contributed by atoms with Crippen molar-refractivity contribution in [1.29, 1.82) is 0 Å². The Morgan fingerprint density at radius 3 is 1.85 bits per heavy atom. The third-order valence-corrected chi connectivity index (χ3v) is 5.07. The number of likely N-dealkylation sites (N-methyl/N-ethyl adjacent to an activating group) is 2. The Balaban J connectivity index is 1.52. The third-order valence-electron chi connectivity index (χ3n) is 5.07. The van der Waals surface area contributed by atoms with Crippen LogP contribution in [0.2, 0.25) is 0 Å². The predicted octanol–water partition coefficient (Wildman–Crippen LogP) is 4.87. The first-order valence-electron chi connectivity index (χ1n) is 9.72. The van der Waals surface area contributed by atoms with Gasteiger partial charge in [0.25, 0.3) is 0 Å². The molecule has 0 amide bonds. The monoisotopic (exact) mass is 362 g/mol. The zero-order chi connectivity index (χ0) is 18.9. The first-order chi connectivity index (χ1) is 13.2. The number of furan rings is 1. The zero-order valence-electron chi connectivity index (χ0n) is 16.4. The predicted molar refractivity (Wildman–Crippen MR) is 112 cm³/mol. The Morgan fingerprint density at radius 2 is 1.30 bits per heavy atom. The molecule has 2 aromatic carbocycles. The maximum absolute atomic E-state index is 5.43. The SMILES string of the molecule is CN(CCC(c1ccccc1)c1ccccc1)CCN(C)Cc1ccco1. The van der Waals surface area contributed by atoms with Crippen molar-refractivity contribution in [2.45, 2.75) is 18.9 Å². The van der Waals surface area contributed by atoms with Crippen LogP contribution in [0.25, 0.3) is 0 Å². The van der Waals surface area contributed by atoms with Gasteiger partial charge in [-0.05, 0) is 50.3 Å². The first-order valence-corrected chi connectivity index (χ1v) is 9.72. The van der Waals surface area contributed by atoms with Gasteiger partial charge < -0.3 is 9.32 Å². The fraction of sp³-hybridized carbons (Fsp3) is 0.333. The molecule has 0 bridgehead atoms. The van der Waals surface area contributed by atoms with E-state index in [0.29, 0.717) is 5.92 Å². The van der Waals surface area contributed by atoms with Crippen LogP contribution < -0.4 is 0 Å². The second-order valence-corrected chi connectivity index (χ2v) is 7.28. The fourth-order valence-electron chi connectivity index (χ4n) is 3.45. The molecule has 1 aromatic heterocycles. The molecule has 27 heavy (non-hydrogen) atoms. The molecule has 0 aliphatic carbocycles. The summed E-state index contributed by atoms with van der Waals surface area (Å²) >= 11 is 0.